The number of nitrogens with zero attached hydrogens (tertiary/aromatic N) is 1. The van der Waals surface area contributed by atoms with Crippen molar-refractivity contribution >= 4 is 5.78 Å². The molecular formula is C15H10F3N3O3. The largest absolute Gasteiger partial charge is 0.393 e. The summed E-state index contributed by atoms with van der Waals surface area (Å²) in [5, 5.41) is 8.91. The second kappa shape index (κ2) is 6.16. The minimum atomic E-state index is -4.75. The molecule has 24 heavy (non-hydrogen) atoms. The van der Waals surface area contributed by atoms with Gasteiger partial charge in [-0.15, -0.1) is 0 Å². The number of halogens is 3. The Kier molecular flexibility index (Phi) is 4.41. The van der Waals surface area contributed by atoms with Gasteiger partial charge in [-0.25, -0.2) is 4.79 Å². The van der Waals surface area contributed by atoms with Crippen LogP contribution in [-0.4, -0.2) is 21.9 Å². The summed E-state index contributed by atoms with van der Waals surface area (Å²) >= 11 is 0. The summed E-state index contributed by atoms with van der Waals surface area (Å²) in [7, 11) is 0. The number of benzene rings is 1. The molecule has 1 aromatic heterocycles. The van der Waals surface area contributed by atoms with E-state index in [0.717, 1.165) is 0 Å². The molecule has 1 aromatic carbocycles. The summed E-state index contributed by atoms with van der Waals surface area (Å²) in [6.07, 6.45) is -6.41. The third-order valence-corrected chi connectivity index (χ3v) is 3.11. The van der Waals surface area contributed by atoms with E-state index in [0.29, 0.717) is 5.56 Å². The number of hydrogen-bond acceptors (Lipinski definition) is 4. The molecule has 0 amide bonds. The molecule has 0 atom stereocenters. The quantitative estimate of drug-likeness (QED) is 0.829. The third-order valence-electron chi connectivity index (χ3n) is 3.11. The molecule has 124 valence electrons. The number of H-pyrrole nitrogens is 2. The maximum atomic E-state index is 12.7. The summed E-state index contributed by atoms with van der Waals surface area (Å²) in [6, 6.07) is 5.82. The van der Waals surface area contributed by atoms with Crippen LogP contribution in [-0.2, 0) is 6.42 Å². The molecule has 0 aliphatic heterocycles. The molecule has 0 spiro atoms. The van der Waals surface area contributed by atoms with E-state index in [-0.39, 0.29) is 11.1 Å². The van der Waals surface area contributed by atoms with E-state index in [4.69, 9.17) is 5.26 Å². The Morgan fingerprint density at radius 2 is 1.88 bits per heavy atom. The van der Waals surface area contributed by atoms with Crippen molar-refractivity contribution in [3.63, 3.8) is 0 Å². The Hall–Kier alpha value is -3.15. The second-order valence-corrected chi connectivity index (χ2v) is 5.08. The average Bonchev–Trinajstić information content (AvgIpc) is 2.47. The Morgan fingerprint density at radius 3 is 2.46 bits per heavy atom. The zero-order valence-corrected chi connectivity index (χ0v) is 12.2. The van der Waals surface area contributed by atoms with Crippen LogP contribution in [0.2, 0.25) is 0 Å². The zero-order chi connectivity index (χ0) is 18.1. The van der Waals surface area contributed by atoms with Crippen molar-refractivity contribution in [1.82, 2.24) is 9.97 Å². The van der Waals surface area contributed by atoms with Gasteiger partial charge < -0.3 is 4.98 Å². The van der Waals surface area contributed by atoms with Gasteiger partial charge in [-0.2, -0.15) is 18.4 Å². The highest BCUT2D eigenvalue weighted by Crippen LogP contribution is 2.22. The third kappa shape index (κ3) is 3.78. The molecule has 2 N–H and O–H groups in total. The number of nitrogens with one attached hydrogen (secondary N) is 2. The van der Waals surface area contributed by atoms with Crippen LogP contribution in [0.25, 0.3) is 0 Å². The van der Waals surface area contributed by atoms with Crippen LogP contribution in [0.5, 0.6) is 0 Å². The van der Waals surface area contributed by atoms with Gasteiger partial charge in [-0.05, 0) is 30.7 Å². The predicted molar refractivity (Wildman–Crippen MR) is 76.8 cm³/mol. The van der Waals surface area contributed by atoms with Crippen LogP contribution >= 0.6 is 0 Å². The van der Waals surface area contributed by atoms with Crippen LogP contribution in [0.15, 0.2) is 27.8 Å². The fourth-order valence-corrected chi connectivity index (χ4v) is 2.20. The summed E-state index contributed by atoms with van der Waals surface area (Å²) in [6.45, 7) is 1.59. The number of carbonyl (C=O) groups excluding carboxylic acids is 1. The zero-order valence-electron chi connectivity index (χ0n) is 12.2. The number of carbonyl (C=O) groups is 1. The predicted octanol–water partition coefficient (Wildman–Crippen LogP) is 1.58. The van der Waals surface area contributed by atoms with Crippen molar-refractivity contribution in [2.75, 3.05) is 0 Å². The Morgan fingerprint density at radius 1 is 1.21 bits per heavy atom. The van der Waals surface area contributed by atoms with Crippen LogP contribution in [0.3, 0.4) is 0 Å². The molecule has 0 bridgehead atoms. The molecule has 0 aliphatic rings. The fourth-order valence-electron chi connectivity index (χ4n) is 2.20. The SMILES string of the molecule is Cc1cc(C#N)cc(C(=O)c2[nH]c(=O)[nH]c(=O)c2CC(F)(F)F)c1. The molecule has 0 fully saturated rings. The Labute approximate surface area is 132 Å². The lowest BCUT2D eigenvalue weighted by molar-refractivity contribution is -0.127. The lowest BCUT2D eigenvalue weighted by atomic mass is 9.99. The first kappa shape index (κ1) is 17.2. The van der Waals surface area contributed by atoms with Crippen molar-refractivity contribution in [3.8, 4) is 6.07 Å². The van der Waals surface area contributed by atoms with Crippen molar-refractivity contribution in [2.24, 2.45) is 0 Å². The minimum Gasteiger partial charge on any atom is -0.304 e. The molecule has 0 saturated heterocycles. The number of rotatable bonds is 3. The monoisotopic (exact) mass is 337 g/mol. The van der Waals surface area contributed by atoms with E-state index in [2.05, 4.69) is 0 Å². The van der Waals surface area contributed by atoms with E-state index in [9.17, 15) is 27.6 Å². The summed E-state index contributed by atoms with van der Waals surface area (Å²) in [4.78, 5) is 39.1. The molecule has 1 heterocycles. The van der Waals surface area contributed by atoms with Gasteiger partial charge in [0, 0.05) is 5.56 Å². The molecule has 0 aliphatic carbocycles. The lowest BCUT2D eigenvalue weighted by Crippen LogP contribution is -2.32. The number of nitriles is 1. The van der Waals surface area contributed by atoms with Gasteiger partial charge in [0.2, 0.25) is 5.78 Å². The highest BCUT2D eigenvalue weighted by molar-refractivity contribution is 6.08. The Balaban J connectivity index is 2.66. The molecular weight excluding hydrogens is 327 g/mol. The van der Waals surface area contributed by atoms with Crippen molar-refractivity contribution in [3.05, 3.63) is 67.0 Å². The van der Waals surface area contributed by atoms with E-state index in [1.165, 1.54) is 18.2 Å². The molecule has 0 unspecified atom stereocenters. The van der Waals surface area contributed by atoms with Crippen LogP contribution in [0.4, 0.5) is 13.2 Å². The number of aryl methyl sites for hydroxylation is 1. The van der Waals surface area contributed by atoms with E-state index < -0.39 is 40.9 Å². The van der Waals surface area contributed by atoms with E-state index >= 15 is 0 Å². The average molecular weight is 337 g/mol. The number of hydrogen-bond donors (Lipinski definition) is 2. The number of ketones is 1. The van der Waals surface area contributed by atoms with Gasteiger partial charge in [0.25, 0.3) is 5.56 Å². The van der Waals surface area contributed by atoms with Crippen LogP contribution in [0, 0.1) is 18.3 Å². The topological polar surface area (TPSA) is 107 Å². The van der Waals surface area contributed by atoms with Crippen molar-refractivity contribution in [1.29, 1.82) is 5.26 Å². The first-order valence-corrected chi connectivity index (χ1v) is 6.59. The second-order valence-electron chi connectivity index (χ2n) is 5.08. The number of alkyl halides is 3. The van der Waals surface area contributed by atoms with Gasteiger partial charge in [0.15, 0.2) is 0 Å². The standard InChI is InChI=1S/C15H10F3N3O3/c1-7-2-8(6-19)4-9(3-7)12(22)11-10(5-15(16,17)18)13(23)21-14(24)20-11/h2-4H,5H2,1H3,(H2,20,21,23,24). The molecule has 2 rings (SSSR count). The normalized spacial score (nSPS) is 11.1. The van der Waals surface area contributed by atoms with Crippen molar-refractivity contribution < 1.29 is 18.0 Å². The molecule has 2 aromatic rings. The van der Waals surface area contributed by atoms with Crippen LogP contribution < -0.4 is 11.2 Å². The minimum absolute atomic E-state index is 0.101. The molecule has 0 radical (unpaired) electrons. The summed E-state index contributed by atoms with van der Waals surface area (Å²) < 4.78 is 38.0. The highest BCUT2D eigenvalue weighted by atomic mass is 19.4. The first-order chi connectivity index (χ1) is 11.1. The van der Waals surface area contributed by atoms with Gasteiger partial charge in [-0.3, -0.25) is 14.6 Å². The van der Waals surface area contributed by atoms with Crippen molar-refractivity contribution in [2.45, 2.75) is 19.5 Å². The molecule has 0 saturated carbocycles. The number of aromatic amines is 2. The maximum Gasteiger partial charge on any atom is 0.393 e. The fraction of sp³-hybridized carbons (Fsp3) is 0.200. The van der Waals surface area contributed by atoms with Crippen LogP contribution in [0.1, 0.15) is 32.7 Å². The highest BCUT2D eigenvalue weighted by Gasteiger charge is 2.32. The first-order valence-electron chi connectivity index (χ1n) is 6.59. The Bertz CT molecular complexity index is 965. The lowest BCUT2D eigenvalue weighted by Gasteiger charge is -2.10. The molecule has 6 nitrogen and oxygen atoms in total. The maximum absolute atomic E-state index is 12.7. The number of aromatic nitrogens is 2. The van der Waals surface area contributed by atoms with Gasteiger partial charge in [0.05, 0.1) is 29.3 Å². The van der Waals surface area contributed by atoms with Gasteiger partial charge in [0.1, 0.15) is 0 Å². The van der Waals surface area contributed by atoms with Gasteiger partial charge >= 0.3 is 11.9 Å². The molecule has 9 heteroatoms. The van der Waals surface area contributed by atoms with E-state index in [1.807, 2.05) is 11.1 Å². The van der Waals surface area contributed by atoms with Gasteiger partial charge in [-0.1, -0.05) is 0 Å². The van der Waals surface area contributed by atoms with E-state index in [1.54, 1.807) is 11.9 Å². The summed E-state index contributed by atoms with van der Waals surface area (Å²) in [5.41, 5.74) is -3.45. The smallest absolute Gasteiger partial charge is 0.304 e. The summed E-state index contributed by atoms with van der Waals surface area (Å²) in [5.74, 6) is -0.974.